The van der Waals surface area contributed by atoms with Crippen LogP contribution >= 0.6 is 31.9 Å². The number of aromatic nitrogens is 2. The Morgan fingerprint density at radius 1 is 1.25 bits per heavy atom. The summed E-state index contributed by atoms with van der Waals surface area (Å²) < 4.78 is 2.80. The molecule has 1 aromatic heterocycles. The smallest absolute Gasteiger partial charge is 0.354 e. The van der Waals surface area contributed by atoms with Gasteiger partial charge in [-0.05, 0) is 40.2 Å². The average molecular weight is 346 g/mol. The molecule has 0 saturated heterocycles. The number of aromatic carboxylic acids is 1. The predicted octanol–water partition coefficient (Wildman–Crippen LogP) is 3.10. The fraction of sp³-hybridized carbons (Fsp3) is 0. The van der Waals surface area contributed by atoms with E-state index in [-0.39, 0.29) is 5.69 Å². The summed E-state index contributed by atoms with van der Waals surface area (Å²) in [5.74, 6) is -1.01. The molecular weight excluding hydrogens is 340 g/mol. The lowest BCUT2D eigenvalue weighted by atomic mass is 10.3. The van der Waals surface area contributed by atoms with Crippen molar-refractivity contribution >= 4 is 37.8 Å². The van der Waals surface area contributed by atoms with Crippen LogP contribution in [0.3, 0.4) is 0 Å². The number of hydrogen-bond acceptors (Lipinski definition) is 2. The van der Waals surface area contributed by atoms with Gasteiger partial charge in [0, 0.05) is 10.5 Å². The van der Waals surface area contributed by atoms with Gasteiger partial charge in [-0.25, -0.2) is 9.48 Å². The van der Waals surface area contributed by atoms with E-state index in [9.17, 15) is 4.79 Å². The molecule has 0 atom stereocenters. The molecule has 6 heteroatoms. The molecular formula is C10H6Br2N2O2. The van der Waals surface area contributed by atoms with Crippen molar-refractivity contribution in [2.45, 2.75) is 0 Å². The minimum atomic E-state index is -1.01. The summed E-state index contributed by atoms with van der Waals surface area (Å²) in [6.45, 7) is 0. The summed E-state index contributed by atoms with van der Waals surface area (Å²) in [6.07, 6.45) is 0. The predicted molar refractivity (Wildman–Crippen MR) is 65.9 cm³/mol. The molecule has 0 fully saturated rings. The number of rotatable bonds is 2. The molecule has 0 aliphatic carbocycles. The molecule has 0 saturated carbocycles. The van der Waals surface area contributed by atoms with E-state index < -0.39 is 5.97 Å². The lowest BCUT2D eigenvalue weighted by Gasteiger charge is -2.03. The Morgan fingerprint density at radius 3 is 2.44 bits per heavy atom. The Kier molecular flexibility index (Phi) is 3.11. The topological polar surface area (TPSA) is 55.1 Å². The zero-order valence-electron chi connectivity index (χ0n) is 7.89. The quantitative estimate of drug-likeness (QED) is 0.909. The fourth-order valence-electron chi connectivity index (χ4n) is 1.28. The molecule has 2 rings (SSSR count). The largest absolute Gasteiger partial charge is 0.477 e. The number of halogens is 2. The maximum absolute atomic E-state index is 11.0. The van der Waals surface area contributed by atoms with Crippen LogP contribution in [0.4, 0.5) is 0 Å². The van der Waals surface area contributed by atoms with Crippen molar-refractivity contribution in [3.05, 3.63) is 45.1 Å². The summed E-state index contributed by atoms with van der Waals surface area (Å²) in [5, 5.41) is 13.1. The van der Waals surface area contributed by atoms with Gasteiger partial charge in [-0.1, -0.05) is 15.9 Å². The minimum absolute atomic E-state index is 0.120. The van der Waals surface area contributed by atoms with Crippen LogP contribution in [0.2, 0.25) is 0 Å². The van der Waals surface area contributed by atoms with Gasteiger partial charge >= 0.3 is 5.97 Å². The zero-order chi connectivity index (χ0) is 11.7. The maximum atomic E-state index is 11.0. The van der Waals surface area contributed by atoms with E-state index in [4.69, 9.17) is 5.11 Å². The molecule has 1 aromatic carbocycles. The molecule has 1 heterocycles. The van der Waals surface area contributed by atoms with Gasteiger partial charge in [-0.2, -0.15) is 5.10 Å². The average Bonchev–Trinajstić information content (AvgIpc) is 2.61. The molecule has 1 N–H and O–H groups in total. The van der Waals surface area contributed by atoms with Gasteiger partial charge in [-0.15, -0.1) is 0 Å². The van der Waals surface area contributed by atoms with Crippen LogP contribution in [-0.2, 0) is 0 Å². The Bertz CT molecular complexity index is 534. The van der Waals surface area contributed by atoms with Crippen molar-refractivity contribution in [3.63, 3.8) is 0 Å². The number of carboxylic acids is 1. The molecule has 0 unspecified atom stereocenters. The van der Waals surface area contributed by atoms with Crippen LogP contribution < -0.4 is 0 Å². The second-order valence-electron chi connectivity index (χ2n) is 3.05. The maximum Gasteiger partial charge on any atom is 0.354 e. The van der Waals surface area contributed by atoms with Crippen molar-refractivity contribution in [1.82, 2.24) is 9.78 Å². The van der Waals surface area contributed by atoms with Gasteiger partial charge < -0.3 is 5.11 Å². The highest BCUT2D eigenvalue weighted by Gasteiger charge is 2.14. The molecule has 82 valence electrons. The third-order valence-corrected chi connectivity index (χ3v) is 2.89. The molecule has 0 spiro atoms. The van der Waals surface area contributed by atoms with E-state index in [0.717, 1.165) is 4.47 Å². The SMILES string of the molecule is O=C(O)c1cc(Br)nn1-c1ccc(Br)cc1. The van der Waals surface area contributed by atoms with E-state index in [1.807, 2.05) is 12.1 Å². The third-order valence-electron chi connectivity index (χ3n) is 1.97. The fourth-order valence-corrected chi connectivity index (χ4v) is 1.92. The second kappa shape index (κ2) is 4.39. The highest BCUT2D eigenvalue weighted by Crippen LogP contribution is 2.18. The highest BCUT2D eigenvalue weighted by atomic mass is 79.9. The van der Waals surface area contributed by atoms with E-state index in [1.54, 1.807) is 12.1 Å². The molecule has 0 radical (unpaired) electrons. The van der Waals surface area contributed by atoms with Crippen LogP contribution in [0.5, 0.6) is 0 Å². The molecule has 0 amide bonds. The first kappa shape index (κ1) is 11.3. The van der Waals surface area contributed by atoms with Gasteiger partial charge in [0.05, 0.1) is 5.69 Å². The van der Waals surface area contributed by atoms with E-state index in [2.05, 4.69) is 37.0 Å². The Morgan fingerprint density at radius 2 is 1.88 bits per heavy atom. The first-order chi connectivity index (χ1) is 7.58. The number of carboxylic acid groups (broad SMARTS) is 1. The number of nitrogens with zero attached hydrogens (tertiary/aromatic N) is 2. The first-order valence-electron chi connectivity index (χ1n) is 4.33. The van der Waals surface area contributed by atoms with Gasteiger partial charge in [0.2, 0.25) is 0 Å². The molecule has 16 heavy (non-hydrogen) atoms. The number of hydrogen-bond donors (Lipinski definition) is 1. The van der Waals surface area contributed by atoms with Crippen LogP contribution in [0.1, 0.15) is 10.5 Å². The van der Waals surface area contributed by atoms with E-state index in [1.165, 1.54) is 10.7 Å². The zero-order valence-corrected chi connectivity index (χ0v) is 11.1. The molecule has 4 nitrogen and oxygen atoms in total. The van der Waals surface area contributed by atoms with Crippen molar-refractivity contribution in [1.29, 1.82) is 0 Å². The van der Waals surface area contributed by atoms with Gasteiger partial charge in [0.15, 0.2) is 5.69 Å². The lowest BCUT2D eigenvalue weighted by Crippen LogP contribution is -2.07. The van der Waals surface area contributed by atoms with Crippen LogP contribution in [0, 0.1) is 0 Å². The van der Waals surface area contributed by atoms with E-state index in [0.29, 0.717) is 10.3 Å². The summed E-state index contributed by atoms with van der Waals surface area (Å²) in [4.78, 5) is 11.0. The van der Waals surface area contributed by atoms with Gasteiger partial charge in [0.1, 0.15) is 4.60 Å². The van der Waals surface area contributed by atoms with Crippen molar-refractivity contribution in [3.8, 4) is 5.69 Å². The first-order valence-corrected chi connectivity index (χ1v) is 5.91. The van der Waals surface area contributed by atoms with E-state index >= 15 is 0 Å². The summed E-state index contributed by atoms with van der Waals surface area (Å²) >= 11 is 6.47. The van der Waals surface area contributed by atoms with Gasteiger partial charge in [0.25, 0.3) is 0 Å². The molecule has 0 aliphatic rings. The summed E-state index contributed by atoms with van der Waals surface area (Å²) in [7, 11) is 0. The third kappa shape index (κ3) is 2.17. The monoisotopic (exact) mass is 344 g/mol. The lowest BCUT2D eigenvalue weighted by molar-refractivity contribution is 0.0687. The number of benzene rings is 1. The Balaban J connectivity index is 2.55. The molecule has 0 bridgehead atoms. The number of carbonyl (C=O) groups is 1. The molecule has 2 aromatic rings. The van der Waals surface area contributed by atoms with Crippen molar-refractivity contribution < 1.29 is 9.90 Å². The molecule has 0 aliphatic heterocycles. The summed E-state index contributed by atoms with van der Waals surface area (Å²) in [5.41, 5.74) is 0.820. The van der Waals surface area contributed by atoms with Crippen molar-refractivity contribution in [2.24, 2.45) is 0 Å². The van der Waals surface area contributed by atoms with Crippen molar-refractivity contribution in [2.75, 3.05) is 0 Å². The summed E-state index contributed by atoms with van der Waals surface area (Å²) in [6, 6.07) is 8.70. The normalized spacial score (nSPS) is 10.4. The highest BCUT2D eigenvalue weighted by molar-refractivity contribution is 9.10. The Labute approximate surface area is 108 Å². The van der Waals surface area contributed by atoms with Crippen LogP contribution in [0.15, 0.2) is 39.4 Å². The Hall–Kier alpha value is -1.14. The van der Waals surface area contributed by atoms with Crippen LogP contribution in [-0.4, -0.2) is 20.9 Å². The standard InChI is InChI=1S/C10H6Br2N2O2/c11-6-1-3-7(4-2-6)14-8(10(15)16)5-9(12)13-14/h1-5H,(H,15,16). The van der Waals surface area contributed by atoms with Gasteiger partial charge in [-0.3, -0.25) is 0 Å². The minimum Gasteiger partial charge on any atom is -0.477 e. The second-order valence-corrected chi connectivity index (χ2v) is 4.77. The van der Waals surface area contributed by atoms with Crippen LogP contribution in [0.25, 0.3) is 5.69 Å².